The van der Waals surface area contributed by atoms with Gasteiger partial charge in [0.15, 0.2) is 0 Å². The largest absolute Gasteiger partial charge is 0.496 e. The number of nitrogens with one attached hydrogen (secondary N) is 1. The van der Waals surface area contributed by atoms with Crippen molar-refractivity contribution >= 4 is 17.5 Å². The summed E-state index contributed by atoms with van der Waals surface area (Å²) < 4.78 is 18.2. The number of halogens is 2. The number of benzene rings is 3. The van der Waals surface area contributed by atoms with Gasteiger partial charge in [0, 0.05) is 11.6 Å². The molecule has 0 spiro atoms. The van der Waals surface area contributed by atoms with Gasteiger partial charge >= 0.3 is 0 Å². The first-order chi connectivity index (χ1) is 13.1. The van der Waals surface area contributed by atoms with Crippen molar-refractivity contribution in [2.75, 3.05) is 13.7 Å². The molecule has 0 bridgehead atoms. The van der Waals surface area contributed by atoms with Crippen LogP contribution in [0.3, 0.4) is 0 Å². The predicted molar refractivity (Wildman–Crippen MR) is 106 cm³/mol. The van der Waals surface area contributed by atoms with E-state index in [0.717, 1.165) is 16.7 Å². The molecular weight excluding hydrogens is 365 g/mol. The van der Waals surface area contributed by atoms with E-state index in [1.165, 1.54) is 19.2 Å². The molecule has 0 atom stereocenters. The molecule has 0 saturated carbocycles. The maximum Gasteiger partial charge on any atom is 0.255 e. The zero-order valence-corrected chi connectivity index (χ0v) is 15.6. The lowest BCUT2D eigenvalue weighted by Crippen LogP contribution is -2.26. The molecule has 0 aliphatic carbocycles. The minimum absolute atomic E-state index is 0.225. The monoisotopic (exact) mass is 383 g/mol. The van der Waals surface area contributed by atoms with Crippen LogP contribution in [0, 0.1) is 5.82 Å². The Bertz CT molecular complexity index is 924. The predicted octanol–water partition coefficient (Wildman–Crippen LogP) is 5.13. The number of carbonyl (C=O) groups excluding carboxylic acids is 1. The highest BCUT2D eigenvalue weighted by Crippen LogP contribution is 2.23. The number of hydrogen-bond acceptors (Lipinski definition) is 2. The topological polar surface area (TPSA) is 38.3 Å². The van der Waals surface area contributed by atoms with E-state index in [0.29, 0.717) is 29.3 Å². The highest BCUT2D eigenvalue weighted by molar-refractivity contribution is 6.31. The Balaban J connectivity index is 1.58. The lowest BCUT2D eigenvalue weighted by Gasteiger charge is -2.10. The van der Waals surface area contributed by atoms with Crippen LogP contribution in [-0.2, 0) is 6.42 Å². The Morgan fingerprint density at radius 3 is 2.26 bits per heavy atom. The van der Waals surface area contributed by atoms with Crippen molar-refractivity contribution in [1.29, 1.82) is 0 Å². The van der Waals surface area contributed by atoms with Gasteiger partial charge in [0.2, 0.25) is 0 Å². The Morgan fingerprint density at radius 2 is 1.63 bits per heavy atom. The Morgan fingerprint density at radius 1 is 1.00 bits per heavy atom. The second-order valence-electron chi connectivity index (χ2n) is 6.05. The highest BCUT2D eigenvalue weighted by atomic mass is 35.5. The maximum absolute atomic E-state index is 13.0. The van der Waals surface area contributed by atoms with Gasteiger partial charge < -0.3 is 10.1 Å². The normalized spacial score (nSPS) is 10.5. The Labute approximate surface area is 162 Å². The summed E-state index contributed by atoms with van der Waals surface area (Å²) in [6, 6.07) is 19.3. The van der Waals surface area contributed by atoms with Gasteiger partial charge in [-0.1, -0.05) is 48.0 Å². The summed E-state index contributed by atoms with van der Waals surface area (Å²) in [5.41, 5.74) is 3.49. The minimum Gasteiger partial charge on any atom is -0.496 e. The molecule has 0 saturated heterocycles. The number of ether oxygens (including phenoxy) is 1. The van der Waals surface area contributed by atoms with Gasteiger partial charge in [-0.25, -0.2) is 4.39 Å². The molecule has 3 nitrogen and oxygen atoms in total. The van der Waals surface area contributed by atoms with E-state index in [2.05, 4.69) is 5.32 Å². The number of amides is 1. The first kappa shape index (κ1) is 18.9. The molecular formula is C22H19ClFNO2. The third-order valence-electron chi connectivity index (χ3n) is 4.24. The lowest BCUT2D eigenvalue weighted by molar-refractivity contribution is 0.0951. The van der Waals surface area contributed by atoms with Crippen molar-refractivity contribution in [1.82, 2.24) is 5.32 Å². The van der Waals surface area contributed by atoms with Gasteiger partial charge in [0.1, 0.15) is 11.6 Å². The fourth-order valence-corrected chi connectivity index (χ4v) is 2.95. The summed E-state index contributed by atoms with van der Waals surface area (Å²) in [5, 5.41) is 3.37. The second-order valence-corrected chi connectivity index (χ2v) is 6.49. The van der Waals surface area contributed by atoms with Gasteiger partial charge in [0.05, 0.1) is 12.7 Å². The average molecular weight is 384 g/mol. The van der Waals surface area contributed by atoms with Crippen LogP contribution >= 0.6 is 11.6 Å². The van der Waals surface area contributed by atoms with Crippen molar-refractivity contribution in [3.63, 3.8) is 0 Å². The van der Waals surface area contributed by atoms with Crippen molar-refractivity contribution in [3.8, 4) is 16.9 Å². The number of methoxy groups -OCH3 is 1. The number of hydrogen-bond donors (Lipinski definition) is 1. The molecule has 0 heterocycles. The van der Waals surface area contributed by atoms with Crippen LogP contribution in [-0.4, -0.2) is 19.6 Å². The molecule has 1 amide bonds. The summed E-state index contributed by atoms with van der Waals surface area (Å²) in [6.07, 6.45) is 0.693. The fraction of sp³-hybridized carbons (Fsp3) is 0.136. The first-order valence-corrected chi connectivity index (χ1v) is 8.91. The van der Waals surface area contributed by atoms with Crippen LogP contribution in [0.15, 0.2) is 66.7 Å². The molecule has 3 rings (SSSR count). The van der Waals surface area contributed by atoms with Crippen LogP contribution in [0.1, 0.15) is 15.9 Å². The number of rotatable bonds is 6. The second kappa shape index (κ2) is 8.69. The molecule has 0 aliphatic rings. The molecule has 0 fully saturated rings. The molecule has 5 heteroatoms. The number of carbonyl (C=O) groups is 1. The van der Waals surface area contributed by atoms with E-state index in [1.54, 1.807) is 30.3 Å². The van der Waals surface area contributed by atoms with Crippen LogP contribution < -0.4 is 10.1 Å². The molecule has 0 aliphatic heterocycles. The maximum atomic E-state index is 13.0. The van der Waals surface area contributed by atoms with Gasteiger partial charge in [-0.15, -0.1) is 0 Å². The van der Waals surface area contributed by atoms with E-state index < -0.39 is 0 Å². The first-order valence-electron chi connectivity index (χ1n) is 8.53. The zero-order valence-electron chi connectivity index (χ0n) is 14.8. The fourth-order valence-electron chi connectivity index (χ4n) is 2.78. The molecule has 0 radical (unpaired) electrons. The van der Waals surface area contributed by atoms with E-state index in [9.17, 15) is 9.18 Å². The van der Waals surface area contributed by atoms with Crippen LogP contribution in [0.25, 0.3) is 11.1 Å². The molecule has 0 unspecified atom stereocenters. The summed E-state index contributed by atoms with van der Waals surface area (Å²) in [4.78, 5) is 12.4. The third kappa shape index (κ3) is 4.86. The average Bonchev–Trinajstić information content (AvgIpc) is 2.69. The van der Waals surface area contributed by atoms with Gasteiger partial charge in [-0.2, -0.15) is 0 Å². The lowest BCUT2D eigenvalue weighted by atomic mass is 10.0. The quantitative estimate of drug-likeness (QED) is 0.641. The smallest absolute Gasteiger partial charge is 0.255 e. The van der Waals surface area contributed by atoms with Crippen molar-refractivity contribution in [2.45, 2.75) is 6.42 Å². The molecule has 3 aromatic carbocycles. The molecule has 1 N–H and O–H groups in total. The van der Waals surface area contributed by atoms with Crippen LogP contribution in [0.4, 0.5) is 4.39 Å². The summed E-state index contributed by atoms with van der Waals surface area (Å²) in [5.74, 6) is 0.0141. The SMILES string of the molecule is COc1ccc(Cl)cc1C(=O)NCCc1ccc(-c2ccc(F)cc2)cc1. The minimum atomic E-state index is -0.248. The van der Waals surface area contributed by atoms with Gasteiger partial charge in [-0.3, -0.25) is 4.79 Å². The highest BCUT2D eigenvalue weighted by Gasteiger charge is 2.12. The van der Waals surface area contributed by atoms with Gasteiger partial charge in [0.25, 0.3) is 5.91 Å². The summed E-state index contributed by atoms with van der Waals surface area (Å²) in [6.45, 7) is 0.490. The van der Waals surface area contributed by atoms with Crippen molar-refractivity contribution < 1.29 is 13.9 Å². The summed E-state index contributed by atoms with van der Waals surface area (Å²) in [7, 11) is 1.52. The van der Waals surface area contributed by atoms with E-state index in [-0.39, 0.29) is 11.7 Å². The van der Waals surface area contributed by atoms with Crippen molar-refractivity contribution in [3.05, 3.63) is 88.7 Å². The summed E-state index contributed by atoms with van der Waals surface area (Å²) >= 11 is 5.97. The zero-order chi connectivity index (χ0) is 19.2. The Kier molecular flexibility index (Phi) is 6.09. The molecule has 138 valence electrons. The van der Waals surface area contributed by atoms with Crippen LogP contribution in [0.5, 0.6) is 5.75 Å². The van der Waals surface area contributed by atoms with Gasteiger partial charge in [-0.05, 0) is 53.4 Å². The third-order valence-corrected chi connectivity index (χ3v) is 4.47. The molecule has 0 aromatic heterocycles. The van der Waals surface area contributed by atoms with E-state index in [1.807, 2.05) is 24.3 Å². The molecule has 27 heavy (non-hydrogen) atoms. The van der Waals surface area contributed by atoms with E-state index in [4.69, 9.17) is 16.3 Å². The molecule has 3 aromatic rings. The van der Waals surface area contributed by atoms with Crippen LogP contribution in [0.2, 0.25) is 5.02 Å². The van der Waals surface area contributed by atoms with Crippen molar-refractivity contribution in [2.24, 2.45) is 0 Å². The Hall–Kier alpha value is -2.85. The van der Waals surface area contributed by atoms with E-state index >= 15 is 0 Å². The standard InChI is InChI=1S/C22H19ClFNO2/c1-27-21-11-8-18(23)14-20(21)22(26)25-13-12-15-2-4-16(5-3-15)17-6-9-19(24)10-7-17/h2-11,14H,12-13H2,1H3,(H,25,26).